The molecule has 244 valence electrons. The zero-order valence-electron chi connectivity index (χ0n) is 28.5. The topological polar surface area (TPSA) is 8.17 Å². The molecule has 0 atom stereocenters. The van der Waals surface area contributed by atoms with E-state index in [0.29, 0.717) is 0 Å². The summed E-state index contributed by atoms with van der Waals surface area (Å²) in [7, 11) is 0. The Hall–Kier alpha value is -6.90. The molecular weight excluding hydrogens is 629 g/mol. The molecule has 0 aliphatic rings. The Kier molecular flexibility index (Phi) is 7.18. The van der Waals surface area contributed by atoms with Crippen molar-refractivity contribution in [2.45, 2.75) is 0 Å². The Balaban J connectivity index is 1.24. The lowest BCUT2D eigenvalue weighted by Gasteiger charge is -2.28. The Bertz CT molecular complexity index is 2790. The zero-order valence-corrected chi connectivity index (χ0v) is 28.5. The molecule has 2 heteroatoms. The summed E-state index contributed by atoms with van der Waals surface area (Å²) < 4.78 is 2.45. The summed E-state index contributed by atoms with van der Waals surface area (Å²) in [6, 6.07) is 74.7. The third-order valence-electron chi connectivity index (χ3n) is 10.4. The fraction of sp³-hybridized carbons (Fsp3) is 0. The predicted octanol–water partition coefficient (Wildman–Crippen LogP) is 13.9. The molecule has 0 saturated heterocycles. The molecule has 10 rings (SSSR count). The molecule has 2 nitrogen and oxygen atoms in total. The van der Waals surface area contributed by atoms with Crippen LogP contribution in [0.2, 0.25) is 0 Å². The minimum Gasteiger partial charge on any atom is -0.310 e. The molecule has 1 aromatic heterocycles. The first-order valence-electron chi connectivity index (χ1n) is 17.9. The van der Waals surface area contributed by atoms with E-state index in [2.05, 4.69) is 216 Å². The number of anilines is 3. The van der Waals surface area contributed by atoms with Gasteiger partial charge in [-0.15, -0.1) is 0 Å². The molecule has 0 radical (unpaired) electrons. The number of benzene rings is 9. The molecule has 1 heterocycles. The van der Waals surface area contributed by atoms with Gasteiger partial charge in [0.1, 0.15) is 0 Å². The van der Waals surface area contributed by atoms with Crippen molar-refractivity contribution < 1.29 is 0 Å². The van der Waals surface area contributed by atoms with Crippen LogP contribution in [0.25, 0.3) is 71.3 Å². The summed E-state index contributed by atoms with van der Waals surface area (Å²) in [4.78, 5) is 2.42. The lowest BCUT2D eigenvalue weighted by molar-refractivity contribution is 1.18. The zero-order chi connectivity index (χ0) is 34.4. The largest absolute Gasteiger partial charge is 0.310 e. The van der Waals surface area contributed by atoms with Gasteiger partial charge in [-0.2, -0.15) is 0 Å². The number of hydrogen-bond donors (Lipinski definition) is 0. The van der Waals surface area contributed by atoms with E-state index >= 15 is 0 Å². The van der Waals surface area contributed by atoms with Crippen LogP contribution >= 0.6 is 0 Å². The van der Waals surface area contributed by atoms with Gasteiger partial charge in [0.15, 0.2) is 0 Å². The van der Waals surface area contributed by atoms with Gasteiger partial charge in [0.2, 0.25) is 0 Å². The van der Waals surface area contributed by atoms with Gasteiger partial charge in [-0.05, 0) is 86.9 Å². The molecule has 0 spiro atoms. The monoisotopic (exact) mass is 662 g/mol. The summed E-state index contributed by atoms with van der Waals surface area (Å²) in [5.41, 5.74) is 11.7. The number of fused-ring (bicyclic) bond motifs is 6. The van der Waals surface area contributed by atoms with Crippen LogP contribution in [-0.2, 0) is 0 Å². The van der Waals surface area contributed by atoms with Crippen LogP contribution in [0.5, 0.6) is 0 Å². The highest BCUT2D eigenvalue weighted by Gasteiger charge is 2.22. The van der Waals surface area contributed by atoms with Gasteiger partial charge in [0.25, 0.3) is 0 Å². The Morgan fingerprint density at radius 2 is 0.827 bits per heavy atom. The smallest absolute Gasteiger partial charge is 0.0568 e. The van der Waals surface area contributed by atoms with E-state index in [1.54, 1.807) is 0 Å². The van der Waals surface area contributed by atoms with Crippen LogP contribution in [-0.4, -0.2) is 4.57 Å². The van der Waals surface area contributed by atoms with Gasteiger partial charge in [-0.1, -0.05) is 158 Å². The van der Waals surface area contributed by atoms with Crippen LogP contribution in [0.4, 0.5) is 17.1 Å². The van der Waals surface area contributed by atoms with Crippen molar-refractivity contribution in [3.8, 4) is 27.9 Å². The lowest BCUT2D eigenvalue weighted by Crippen LogP contribution is -2.11. The molecule has 0 aliphatic heterocycles. The number of hydrogen-bond acceptors (Lipinski definition) is 1. The van der Waals surface area contributed by atoms with E-state index in [0.717, 1.165) is 22.7 Å². The van der Waals surface area contributed by atoms with E-state index in [1.807, 2.05) is 0 Å². The van der Waals surface area contributed by atoms with E-state index in [1.165, 1.54) is 65.6 Å². The SMILES string of the molecule is c1ccc(-c2ccc(N(c3ccc(-c4ccccc4)cc3)c3cc4c(c5ccccc35)c3ccccc3n4-c3ccc4ccccc4c3)cc2)cc1. The van der Waals surface area contributed by atoms with Crippen molar-refractivity contribution in [2.75, 3.05) is 4.90 Å². The second-order valence-corrected chi connectivity index (χ2v) is 13.4. The quantitative estimate of drug-likeness (QED) is 0.172. The van der Waals surface area contributed by atoms with E-state index in [9.17, 15) is 0 Å². The number of rotatable bonds is 6. The Morgan fingerprint density at radius 3 is 1.46 bits per heavy atom. The molecule has 0 N–H and O–H groups in total. The molecule has 0 aliphatic carbocycles. The minimum absolute atomic E-state index is 1.10. The molecule has 0 fully saturated rings. The van der Waals surface area contributed by atoms with Crippen LogP contribution in [0.3, 0.4) is 0 Å². The summed E-state index contributed by atoms with van der Waals surface area (Å²) in [6.07, 6.45) is 0. The van der Waals surface area contributed by atoms with Crippen molar-refractivity contribution >= 4 is 60.4 Å². The fourth-order valence-electron chi connectivity index (χ4n) is 7.88. The van der Waals surface area contributed by atoms with Gasteiger partial charge in [-0.3, -0.25) is 0 Å². The van der Waals surface area contributed by atoms with Crippen molar-refractivity contribution in [1.29, 1.82) is 0 Å². The first-order valence-corrected chi connectivity index (χ1v) is 17.9. The number of aromatic nitrogens is 1. The van der Waals surface area contributed by atoms with Crippen molar-refractivity contribution in [2.24, 2.45) is 0 Å². The second-order valence-electron chi connectivity index (χ2n) is 13.4. The van der Waals surface area contributed by atoms with Gasteiger partial charge >= 0.3 is 0 Å². The van der Waals surface area contributed by atoms with E-state index in [-0.39, 0.29) is 0 Å². The second kappa shape index (κ2) is 12.5. The van der Waals surface area contributed by atoms with Gasteiger partial charge in [0, 0.05) is 33.2 Å². The molecule has 0 unspecified atom stereocenters. The van der Waals surface area contributed by atoms with Crippen molar-refractivity contribution in [3.05, 3.63) is 206 Å². The Morgan fingerprint density at radius 1 is 0.327 bits per heavy atom. The molecular formula is C50H34N2. The number of nitrogens with zero attached hydrogens (tertiary/aromatic N) is 2. The first-order chi connectivity index (χ1) is 25.8. The highest BCUT2D eigenvalue weighted by atomic mass is 15.1. The Labute approximate surface area is 303 Å². The highest BCUT2D eigenvalue weighted by Crippen LogP contribution is 2.46. The maximum atomic E-state index is 2.45. The fourth-order valence-corrected chi connectivity index (χ4v) is 7.88. The third-order valence-corrected chi connectivity index (χ3v) is 10.4. The summed E-state index contributed by atoms with van der Waals surface area (Å²) >= 11 is 0. The maximum absolute atomic E-state index is 2.45. The van der Waals surface area contributed by atoms with Crippen molar-refractivity contribution in [3.63, 3.8) is 0 Å². The van der Waals surface area contributed by atoms with Crippen molar-refractivity contribution in [1.82, 2.24) is 4.57 Å². The van der Waals surface area contributed by atoms with E-state index in [4.69, 9.17) is 0 Å². The van der Waals surface area contributed by atoms with Crippen LogP contribution in [0.15, 0.2) is 206 Å². The van der Waals surface area contributed by atoms with Gasteiger partial charge in [-0.25, -0.2) is 0 Å². The average Bonchev–Trinajstić information content (AvgIpc) is 3.56. The standard InChI is InChI=1S/C50H34N2/c1-3-13-35(14-4-1)38-23-28-41(29-24-38)51(42-30-25-39(26-31-42)36-15-5-2-6-16-36)48-34-49-50(45-20-10-9-19-44(45)48)46-21-11-12-22-47(46)52(49)43-32-27-37-17-7-8-18-40(37)33-43/h1-34H. The molecule has 10 aromatic rings. The summed E-state index contributed by atoms with van der Waals surface area (Å²) in [5, 5.41) is 7.42. The van der Waals surface area contributed by atoms with Gasteiger partial charge in [0.05, 0.1) is 16.7 Å². The van der Waals surface area contributed by atoms with Crippen LogP contribution in [0.1, 0.15) is 0 Å². The molecule has 52 heavy (non-hydrogen) atoms. The minimum atomic E-state index is 1.10. The number of para-hydroxylation sites is 1. The molecule has 0 saturated carbocycles. The molecule has 0 bridgehead atoms. The average molecular weight is 663 g/mol. The third kappa shape index (κ3) is 5.04. The first kappa shape index (κ1) is 30.0. The van der Waals surface area contributed by atoms with E-state index < -0.39 is 0 Å². The van der Waals surface area contributed by atoms with Gasteiger partial charge < -0.3 is 9.47 Å². The summed E-state index contributed by atoms with van der Waals surface area (Å²) in [6.45, 7) is 0. The van der Waals surface area contributed by atoms with Crippen LogP contribution in [0, 0.1) is 0 Å². The summed E-state index contributed by atoms with van der Waals surface area (Å²) in [5.74, 6) is 0. The maximum Gasteiger partial charge on any atom is 0.0568 e. The highest BCUT2D eigenvalue weighted by molar-refractivity contribution is 6.24. The molecule has 9 aromatic carbocycles. The molecule has 0 amide bonds. The normalized spacial score (nSPS) is 11.5. The lowest BCUT2D eigenvalue weighted by atomic mass is 9.99. The predicted molar refractivity (Wildman–Crippen MR) is 221 cm³/mol. The van der Waals surface area contributed by atoms with Crippen LogP contribution < -0.4 is 4.90 Å².